The molecule has 5 nitrogen and oxygen atoms in total. The SMILES string of the molecule is C[C@@H]1CN(OC(=O)OC(C)(C)C)CCN1C(Cl)(Cl)Cl. The summed E-state index contributed by atoms with van der Waals surface area (Å²) in [4.78, 5) is 18.4. The molecule has 1 atom stereocenters. The number of rotatable bonds is 1. The molecule has 0 unspecified atom stereocenters. The van der Waals surface area contributed by atoms with Crippen molar-refractivity contribution >= 4 is 41.0 Å². The lowest BCUT2D eigenvalue weighted by Crippen LogP contribution is -2.56. The number of hydroxylamine groups is 2. The maximum atomic E-state index is 11.5. The van der Waals surface area contributed by atoms with Crippen molar-refractivity contribution in [3.8, 4) is 0 Å². The second-order valence-electron chi connectivity index (χ2n) is 5.45. The second kappa shape index (κ2) is 6.22. The van der Waals surface area contributed by atoms with Crippen LogP contribution < -0.4 is 0 Å². The van der Waals surface area contributed by atoms with Crippen molar-refractivity contribution < 1.29 is 14.4 Å². The summed E-state index contributed by atoms with van der Waals surface area (Å²) < 4.78 is 3.63. The predicted octanol–water partition coefficient (Wildman–Crippen LogP) is 3.19. The van der Waals surface area contributed by atoms with Gasteiger partial charge in [-0.05, 0) is 27.7 Å². The average Bonchev–Trinajstić information content (AvgIpc) is 2.11. The molecule has 1 aliphatic rings. The summed E-state index contributed by atoms with van der Waals surface area (Å²) in [6.07, 6.45) is -0.720. The molecule has 0 saturated carbocycles. The molecule has 0 aromatic rings. The van der Waals surface area contributed by atoms with Gasteiger partial charge in [-0.3, -0.25) is 4.90 Å². The molecule has 0 aliphatic carbocycles. The highest BCUT2D eigenvalue weighted by Crippen LogP contribution is 2.33. The fourth-order valence-corrected chi connectivity index (χ4v) is 2.51. The molecular formula is C11H19Cl3N2O3. The molecular weight excluding hydrogens is 314 g/mol. The van der Waals surface area contributed by atoms with Crippen molar-refractivity contribution in [2.75, 3.05) is 19.6 Å². The zero-order valence-electron chi connectivity index (χ0n) is 11.5. The van der Waals surface area contributed by atoms with Gasteiger partial charge in [-0.1, -0.05) is 34.8 Å². The summed E-state index contributed by atoms with van der Waals surface area (Å²) >= 11 is 17.6. The van der Waals surface area contributed by atoms with Gasteiger partial charge in [0.25, 0.3) is 0 Å². The normalized spacial score (nSPS) is 23.2. The third kappa shape index (κ3) is 5.92. The van der Waals surface area contributed by atoms with E-state index in [1.54, 1.807) is 25.7 Å². The molecule has 0 amide bonds. The maximum Gasteiger partial charge on any atom is 0.528 e. The Bertz CT molecular complexity index is 328. The molecule has 1 saturated heterocycles. The Labute approximate surface area is 128 Å². The van der Waals surface area contributed by atoms with Crippen LogP contribution >= 0.6 is 34.8 Å². The van der Waals surface area contributed by atoms with E-state index in [4.69, 9.17) is 44.4 Å². The number of alkyl halides is 3. The van der Waals surface area contributed by atoms with Gasteiger partial charge in [-0.2, -0.15) is 0 Å². The van der Waals surface area contributed by atoms with Gasteiger partial charge >= 0.3 is 6.16 Å². The molecule has 112 valence electrons. The van der Waals surface area contributed by atoms with Crippen molar-refractivity contribution in [1.82, 2.24) is 9.96 Å². The first kappa shape index (κ1) is 17.1. The predicted molar refractivity (Wildman–Crippen MR) is 75.4 cm³/mol. The summed E-state index contributed by atoms with van der Waals surface area (Å²) in [5.74, 6) is 0. The first-order valence-corrected chi connectivity index (χ1v) is 7.12. The summed E-state index contributed by atoms with van der Waals surface area (Å²) in [5.41, 5.74) is -0.581. The van der Waals surface area contributed by atoms with E-state index < -0.39 is 15.7 Å². The van der Waals surface area contributed by atoms with Crippen LogP contribution in [0, 0.1) is 0 Å². The number of hydrogen-bond donors (Lipinski definition) is 0. The molecule has 0 aromatic carbocycles. The van der Waals surface area contributed by atoms with Gasteiger partial charge in [0.05, 0.1) is 6.54 Å². The Kier molecular flexibility index (Phi) is 5.61. The van der Waals surface area contributed by atoms with Crippen LogP contribution in [0.25, 0.3) is 0 Å². The average molecular weight is 334 g/mol. The Morgan fingerprint density at radius 2 is 1.79 bits per heavy atom. The Morgan fingerprint density at radius 1 is 1.21 bits per heavy atom. The van der Waals surface area contributed by atoms with E-state index in [1.807, 2.05) is 6.92 Å². The fraction of sp³-hybridized carbons (Fsp3) is 0.909. The van der Waals surface area contributed by atoms with Crippen molar-refractivity contribution in [2.24, 2.45) is 0 Å². The number of ether oxygens (including phenoxy) is 1. The first-order valence-electron chi connectivity index (χ1n) is 5.98. The largest absolute Gasteiger partial charge is 0.528 e. The van der Waals surface area contributed by atoms with Crippen LogP contribution in [0.3, 0.4) is 0 Å². The standard InChI is InChI=1S/C11H19Cl3N2O3/c1-8-7-15(5-6-16(8)11(12,13)14)19-9(17)18-10(2,3)4/h8H,5-7H2,1-4H3/t8-/m1/s1. The first-order chi connectivity index (χ1) is 8.49. The maximum absolute atomic E-state index is 11.5. The lowest BCUT2D eigenvalue weighted by Gasteiger charge is -2.41. The molecule has 0 bridgehead atoms. The minimum Gasteiger partial charge on any atom is -0.427 e. The molecule has 19 heavy (non-hydrogen) atoms. The number of piperazine rings is 1. The lowest BCUT2D eigenvalue weighted by molar-refractivity contribution is -0.167. The van der Waals surface area contributed by atoms with Crippen LogP contribution in [0.15, 0.2) is 0 Å². The number of halogens is 3. The number of carbonyl (C=O) groups is 1. The van der Waals surface area contributed by atoms with Gasteiger partial charge < -0.3 is 9.57 Å². The Balaban J connectivity index is 2.47. The van der Waals surface area contributed by atoms with Crippen LogP contribution in [0.2, 0.25) is 0 Å². The van der Waals surface area contributed by atoms with E-state index in [1.165, 1.54) is 5.06 Å². The van der Waals surface area contributed by atoms with Gasteiger partial charge in [-0.25, -0.2) is 4.79 Å². The van der Waals surface area contributed by atoms with Crippen molar-refractivity contribution in [1.29, 1.82) is 0 Å². The molecule has 0 radical (unpaired) electrons. The summed E-state index contributed by atoms with van der Waals surface area (Å²) in [5, 5.41) is 1.52. The monoisotopic (exact) mass is 332 g/mol. The number of hydrogen-bond acceptors (Lipinski definition) is 5. The van der Waals surface area contributed by atoms with E-state index >= 15 is 0 Å². The summed E-state index contributed by atoms with van der Waals surface area (Å²) in [7, 11) is 0. The summed E-state index contributed by atoms with van der Waals surface area (Å²) in [6, 6.07) is -0.0521. The van der Waals surface area contributed by atoms with Crippen LogP contribution in [0.1, 0.15) is 27.7 Å². The van der Waals surface area contributed by atoms with Crippen LogP contribution in [0.4, 0.5) is 4.79 Å². The number of carbonyl (C=O) groups excluding carboxylic acids is 1. The molecule has 0 spiro atoms. The fourth-order valence-electron chi connectivity index (χ4n) is 1.76. The van der Waals surface area contributed by atoms with E-state index in [0.29, 0.717) is 19.6 Å². The highest BCUT2D eigenvalue weighted by atomic mass is 35.6. The van der Waals surface area contributed by atoms with Gasteiger partial charge in [0.1, 0.15) is 5.60 Å². The minimum atomic E-state index is -1.45. The van der Waals surface area contributed by atoms with Crippen LogP contribution in [-0.4, -0.2) is 51.3 Å². The van der Waals surface area contributed by atoms with Crippen molar-refractivity contribution in [3.05, 3.63) is 0 Å². The zero-order valence-corrected chi connectivity index (χ0v) is 13.7. The van der Waals surface area contributed by atoms with Gasteiger partial charge in [0.2, 0.25) is 3.92 Å². The van der Waals surface area contributed by atoms with Crippen LogP contribution in [0.5, 0.6) is 0 Å². The molecule has 1 aliphatic heterocycles. The van der Waals surface area contributed by atoms with E-state index in [9.17, 15) is 4.79 Å². The minimum absolute atomic E-state index is 0.0521. The summed E-state index contributed by atoms with van der Waals surface area (Å²) in [6.45, 7) is 8.62. The topological polar surface area (TPSA) is 42.0 Å². The molecule has 1 rings (SSSR count). The third-order valence-electron chi connectivity index (χ3n) is 2.51. The van der Waals surface area contributed by atoms with Crippen molar-refractivity contribution in [3.63, 3.8) is 0 Å². The molecule has 1 fully saturated rings. The highest BCUT2D eigenvalue weighted by molar-refractivity contribution is 6.67. The molecule has 8 heteroatoms. The van der Waals surface area contributed by atoms with E-state index in [-0.39, 0.29) is 6.04 Å². The molecule has 1 heterocycles. The van der Waals surface area contributed by atoms with E-state index in [2.05, 4.69) is 0 Å². The van der Waals surface area contributed by atoms with Gasteiger partial charge in [0, 0.05) is 19.1 Å². The highest BCUT2D eigenvalue weighted by Gasteiger charge is 2.38. The molecule has 0 N–H and O–H groups in total. The van der Waals surface area contributed by atoms with Gasteiger partial charge in [0.15, 0.2) is 0 Å². The zero-order chi connectivity index (χ0) is 14.8. The number of nitrogens with zero attached hydrogens (tertiary/aromatic N) is 2. The Hall–Kier alpha value is 0.0600. The third-order valence-corrected chi connectivity index (χ3v) is 3.16. The second-order valence-corrected chi connectivity index (χ2v) is 7.68. The molecule has 0 aromatic heterocycles. The van der Waals surface area contributed by atoms with Crippen molar-refractivity contribution in [2.45, 2.75) is 43.3 Å². The lowest BCUT2D eigenvalue weighted by atomic mass is 10.2. The van der Waals surface area contributed by atoms with Crippen LogP contribution in [-0.2, 0) is 9.57 Å². The Morgan fingerprint density at radius 3 is 2.21 bits per heavy atom. The van der Waals surface area contributed by atoms with Gasteiger partial charge in [-0.15, -0.1) is 5.06 Å². The quantitative estimate of drug-likeness (QED) is 0.419. The van der Waals surface area contributed by atoms with E-state index in [0.717, 1.165) is 0 Å². The smallest absolute Gasteiger partial charge is 0.427 e.